The summed E-state index contributed by atoms with van der Waals surface area (Å²) in [5.41, 5.74) is 2.30. The molecule has 0 atom stereocenters. The first-order valence-corrected chi connectivity index (χ1v) is 7.30. The molecule has 1 aromatic rings. The highest BCUT2D eigenvalue weighted by atomic mass is 79.9. The first-order valence-electron chi connectivity index (χ1n) is 6.50. The summed E-state index contributed by atoms with van der Waals surface area (Å²) in [6, 6.07) is 6.18. The summed E-state index contributed by atoms with van der Waals surface area (Å²) >= 11 is 3.49. The smallest absolute Gasteiger partial charge is 0.239 e. The lowest BCUT2D eigenvalue weighted by molar-refractivity contribution is -0.119. The zero-order valence-electron chi connectivity index (χ0n) is 11.8. The summed E-state index contributed by atoms with van der Waals surface area (Å²) < 4.78 is 1.05. The Hall–Kier alpha value is -1.07. The fraction of sp³-hybridized carbons (Fsp3) is 0.500. The normalized spacial score (nSPS) is 10.3. The minimum atomic E-state index is 0.0341. The fourth-order valence-corrected chi connectivity index (χ4v) is 2.41. The number of hydrogen-bond acceptors (Lipinski definition) is 3. The van der Waals surface area contributed by atoms with Gasteiger partial charge in [-0.2, -0.15) is 0 Å². The summed E-state index contributed by atoms with van der Waals surface area (Å²) in [5, 5.41) is 5.85. The van der Waals surface area contributed by atoms with Crippen LogP contribution in [0.4, 0.5) is 5.69 Å². The third-order valence-electron chi connectivity index (χ3n) is 2.86. The van der Waals surface area contributed by atoms with E-state index in [0.29, 0.717) is 6.54 Å². The van der Waals surface area contributed by atoms with E-state index in [2.05, 4.69) is 50.5 Å². The topological polar surface area (TPSA) is 44.4 Å². The van der Waals surface area contributed by atoms with Gasteiger partial charge in [-0.1, -0.05) is 22.9 Å². The van der Waals surface area contributed by atoms with Crippen molar-refractivity contribution in [2.75, 3.05) is 32.1 Å². The van der Waals surface area contributed by atoms with E-state index in [4.69, 9.17) is 0 Å². The predicted molar refractivity (Wildman–Crippen MR) is 83.5 cm³/mol. The molecule has 19 heavy (non-hydrogen) atoms. The van der Waals surface area contributed by atoms with Crippen molar-refractivity contribution in [3.05, 3.63) is 28.2 Å². The van der Waals surface area contributed by atoms with Crippen LogP contribution in [0, 0.1) is 0 Å². The second-order valence-electron chi connectivity index (χ2n) is 4.40. The number of rotatable bonds is 7. The maximum absolute atomic E-state index is 11.6. The number of nitrogens with one attached hydrogen (secondary N) is 2. The van der Waals surface area contributed by atoms with Crippen LogP contribution in [-0.2, 0) is 11.3 Å². The zero-order valence-corrected chi connectivity index (χ0v) is 13.4. The van der Waals surface area contributed by atoms with Gasteiger partial charge in [0.2, 0.25) is 5.91 Å². The number of likely N-dealkylation sites (N-methyl/N-ethyl adjacent to an activating group) is 1. The average molecular weight is 328 g/mol. The van der Waals surface area contributed by atoms with Gasteiger partial charge in [0.05, 0.1) is 6.54 Å². The van der Waals surface area contributed by atoms with E-state index in [9.17, 15) is 4.79 Å². The van der Waals surface area contributed by atoms with Gasteiger partial charge in [0.25, 0.3) is 0 Å². The van der Waals surface area contributed by atoms with Crippen LogP contribution >= 0.6 is 15.9 Å². The molecule has 0 saturated heterocycles. The van der Waals surface area contributed by atoms with Gasteiger partial charge in [-0.15, -0.1) is 0 Å². The molecule has 1 rings (SSSR count). The molecule has 5 heteroatoms. The minimum absolute atomic E-state index is 0.0341. The number of anilines is 1. The van der Waals surface area contributed by atoms with Gasteiger partial charge >= 0.3 is 0 Å². The number of halogens is 1. The van der Waals surface area contributed by atoms with E-state index >= 15 is 0 Å². The standard InChI is InChI=1S/C14H22BrN3O/c1-4-7-18(10-14(19)17-3)13-6-5-12(15)8-11(13)9-16-2/h5-6,8,16H,4,7,9-10H2,1-3H3,(H,17,19). The van der Waals surface area contributed by atoms with Gasteiger partial charge in [-0.05, 0) is 37.2 Å². The highest BCUT2D eigenvalue weighted by molar-refractivity contribution is 9.10. The van der Waals surface area contributed by atoms with Crippen LogP contribution < -0.4 is 15.5 Å². The minimum Gasteiger partial charge on any atom is -0.362 e. The van der Waals surface area contributed by atoms with Crippen molar-refractivity contribution >= 4 is 27.5 Å². The monoisotopic (exact) mass is 327 g/mol. The second-order valence-corrected chi connectivity index (χ2v) is 5.31. The Bertz CT molecular complexity index is 423. The molecule has 0 aliphatic heterocycles. The van der Waals surface area contributed by atoms with Crippen molar-refractivity contribution in [2.24, 2.45) is 0 Å². The Balaban J connectivity index is 3.02. The Morgan fingerprint density at radius 1 is 1.37 bits per heavy atom. The molecule has 0 fully saturated rings. The SMILES string of the molecule is CCCN(CC(=O)NC)c1ccc(Br)cc1CNC. The lowest BCUT2D eigenvalue weighted by Gasteiger charge is -2.26. The van der Waals surface area contributed by atoms with Crippen LogP contribution in [0.1, 0.15) is 18.9 Å². The molecule has 0 unspecified atom stereocenters. The molecular formula is C14H22BrN3O. The molecule has 4 nitrogen and oxygen atoms in total. The van der Waals surface area contributed by atoms with Crippen molar-refractivity contribution in [3.8, 4) is 0 Å². The van der Waals surface area contributed by atoms with E-state index in [1.54, 1.807) is 7.05 Å². The second kappa shape index (κ2) is 8.17. The van der Waals surface area contributed by atoms with Gasteiger partial charge < -0.3 is 15.5 Å². The first-order chi connectivity index (χ1) is 9.12. The predicted octanol–water partition coefficient (Wildman–Crippen LogP) is 2.13. The van der Waals surface area contributed by atoms with Crippen LogP contribution in [0.2, 0.25) is 0 Å². The van der Waals surface area contributed by atoms with Crippen LogP contribution in [0.3, 0.4) is 0 Å². The number of hydrogen-bond donors (Lipinski definition) is 2. The number of amides is 1. The van der Waals surface area contributed by atoms with Crippen molar-refractivity contribution in [1.82, 2.24) is 10.6 Å². The lowest BCUT2D eigenvalue weighted by Crippen LogP contribution is -2.36. The van der Waals surface area contributed by atoms with Gasteiger partial charge in [-0.25, -0.2) is 0 Å². The van der Waals surface area contributed by atoms with E-state index < -0.39 is 0 Å². The van der Waals surface area contributed by atoms with E-state index in [-0.39, 0.29) is 5.91 Å². The molecule has 1 amide bonds. The molecule has 0 saturated carbocycles. The van der Waals surface area contributed by atoms with Crippen molar-refractivity contribution in [2.45, 2.75) is 19.9 Å². The van der Waals surface area contributed by atoms with E-state index in [1.807, 2.05) is 13.1 Å². The molecule has 106 valence electrons. The maximum Gasteiger partial charge on any atom is 0.239 e. The molecule has 2 N–H and O–H groups in total. The number of carbonyl (C=O) groups is 1. The summed E-state index contributed by atoms with van der Waals surface area (Å²) in [5.74, 6) is 0.0341. The van der Waals surface area contributed by atoms with E-state index in [0.717, 1.165) is 29.7 Å². The molecular weight excluding hydrogens is 306 g/mol. The van der Waals surface area contributed by atoms with Gasteiger partial charge in [-0.3, -0.25) is 4.79 Å². The zero-order chi connectivity index (χ0) is 14.3. The molecule has 0 heterocycles. The van der Waals surface area contributed by atoms with Crippen LogP contribution in [0.25, 0.3) is 0 Å². The Labute approximate surface area is 123 Å². The molecule has 0 aliphatic rings. The third-order valence-corrected chi connectivity index (χ3v) is 3.35. The van der Waals surface area contributed by atoms with Crippen molar-refractivity contribution in [1.29, 1.82) is 0 Å². The Morgan fingerprint density at radius 3 is 2.68 bits per heavy atom. The number of carbonyl (C=O) groups excluding carboxylic acids is 1. The summed E-state index contributed by atoms with van der Waals surface area (Å²) in [7, 11) is 3.59. The molecule has 1 aromatic carbocycles. The Morgan fingerprint density at radius 2 is 2.11 bits per heavy atom. The Kier molecular flexibility index (Phi) is 6.87. The van der Waals surface area contributed by atoms with Gasteiger partial charge in [0, 0.05) is 30.3 Å². The van der Waals surface area contributed by atoms with Crippen molar-refractivity contribution in [3.63, 3.8) is 0 Å². The molecule has 0 aliphatic carbocycles. The highest BCUT2D eigenvalue weighted by Gasteiger charge is 2.13. The highest BCUT2D eigenvalue weighted by Crippen LogP contribution is 2.24. The molecule has 0 bridgehead atoms. The summed E-state index contributed by atoms with van der Waals surface area (Å²) in [6.45, 7) is 4.16. The first kappa shape index (κ1) is 16.0. The van der Waals surface area contributed by atoms with Crippen LogP contribution in [0.5, 0.6) is 0 Å². The molecule has 0 aromatic heterocycles. The van der Waals surface area contributed by atoms with Crippen molar-refractivity contribution < 1.29 is 4.79 Å². The van der Waals surface area contributed by atoms with Gasteiger partial charge in [0.15, 0.2) is 0 Å². The third kappa shape index (κ3) is 4.84. The molecule has 0 spiro atoms. The fourth-order valence-electron chi connectivity index (χ4n) is 2.00. The largest absolute Gasteiger partial charge is 0.362 e. The van der Waals surface area contributed by atoms with Crippen LogP contribution in [0.15, 0.2) is 22.7 Å². The molecule has 0 radical (unpaired) electrons. The maximum atomic E-state index is 11.6. The van der Waals surface area contributed by atoms with Gasteiger partial charge in [0.1, 0.15) is 0 Å². The van der Waals surface area contributed by atoms with Crippen LogP contribution in [-0.4, -0.2) is 33.1 Å². The van der Waals surface area contributed by atoms with E-state index in [1.165, 1.54) is 5.56 Å². The summed E-state index contributed by atoms with van der Waals surface area (Å²) in [6.07, 6.45) is 1.01. The quantitative estimate of drug-likeness (QED) is 0.806. The average Bonchev–Trinajstić information content (AvgIpc) is 2.39. The lowest BCUT2D eigenvalue weighted by atomic mass is 10.1. The number of nitrogens with zero attached hydrogens (tertiary/aromatic N) is 1. The summed E-state index contributed by atoms with van der Waals surface area (Å²) in [4.78, 5) is 13.8. The number of benzene rings is 1.